The minimum Gasteiger partial charge on any atom is -0.399 e. The highest BCUT2D eigenvalue weighted by Gasteiger charge is 2.32. The molecule has 0 bridgehead atoms. The Morgan fingerprint density at radius 2 is 1.76 bits per heavy atom. The van der Waals surface area contributed by atoms with Gasteiger partial charge in [0.25, 0.3) is 0 Å². The molecule has 170 valence electrons. The Morgan fingerprint density at radius 3 is 2.45 bits per heavy atom. The predicted octanol–water partition coefficient (Wildman–Crippen LogP) is 5.50. The summed E-state index contributed by atoms with van der Waals surface area (Å²) < 4.78 is 0. The zero-order chi connectivity index (χ0) is 23.7. The molecule has 4 N–H and O–H groups in total. The molecule has 2 amide bonds. The van der Waals surface area contributed by atoms with E-state index < -0.39 is 0 Å². The molecule has 0 saturated carbocycles. The molecule has 0 spiro atoms. The standard InChI is InChI=1S/C27H30N4O2/c1-16-12-22(28)9-10-25(16)30-26-13-17(2)31(19(4)33)27-11-8-21(15-24(26)27)20-6-5-7-23(14-20)29-18(3)32/h5-12,14-15,17,26,30H,13,28H2,1-4H3,(H,29,32)/t17-,26+/m0/s1. The lowest BCUT2D eigenvalue weighted by molar-refractivity contribution is -0.117. The van der Waals surface area contributed by atoms with Gasteiger partial charge in [0, 0.05) is 42.6 Å². The molecule has 0 aromatic heterocycles. The number of nitrogens with zero attached hydrogens (tertiary/aromatic N) is 1. The number of anilines is 4. The number of benzene rings is 3. The van der Waals surface area contributed by atoms with E-state index in [0.717, 1.165) is 51.4 Å². The molecule has 6 heteroatoms. The van der Waals surface area contributed by atoms with Gasteiger partial charge in [-0.1, -0.05) is 18.2 Å². The summed E-state index contributed by atoms with van der Waals surface area (Å²) >= 11 is 0. The summed E-state index contributed by atoms with van der Waals surface area (Å²) in [4.78, 5) is 25.8. The third-order valence-corrected chi connectivity index (χ3v) is 6.12. The number of nitrogen functional groups attached to an aromatic ring is 1. The molecule has 0 radical (unpaired) electrons. The van der Waals surface area contributed by atoms with Crippen LogP contribution in [0.1, 0.15) is 44.4 Å². The van der Waals surface area contributed by atoms with Gasteiger partial charge in [0.1, 0.15) is 0 Å². The normalized spacial score (nSPS) is 17.3. The van der Waals surface area contributed by atoms with Crippen molar-refractivity contribution in [2.24, 2.45) is 0 Å². The number of rotatable bonds is 4. The smallest absolute Gasteiger partial charge is 0.224 e. The molecule has 0 fully saturated rings. The molecule has 2 atom stereocenters. The lowest BCUT2D eigenvalue weighted by Gasteiger charge is -2.40. The lowest BCUT2D eigenvalue weighted by Crippen LogP contribution is -2.43. The maximum absolute atomic E-state index is 12.5. The Morgan fingerprint density at radius 1 is 1.00 bits per heavy atom. The monoisotopic (exact) mass is 442 g/mol. The van der Waals surface area contributed by atoms with Crippen molar-refractivity contribution in [3.63, 3.8) is 0 Å². The fourth-order valence-corrected chi connectivity index (χ4v) is 4.68. The number of nitrogens with one attached hydrogen (secondary N) is 2. The van der Waals surface area contributed by atoms with Crippen molar-refractivity contribution in [2.75, 3.05) is 21.3 Å². The molecule has 1 heterocycles. The van der Waals surface area contributed by atoms with Gasteiger partial charge in [-0.3, -0.25) is 9.59 Å². The molecule has 4 rings (SSSR count). The fourth-order valence-electron chi connectivity index (χ4n) is 4.68. The first-order valence-corrected chi connectivity index (χ1v) is 11.2. The van der Waals surface area contributed by atoms with Gasteiger partial charge in [-0.25, -0.2) is 0 Å². The van der Waals surface area contributed by atoms with E-state index in [4.69, 9.17) is 5.73 Å². The van der Waals surface area contributed by atoms with E-state index in [2.05, 4.69) is 23.6 Å². The largest absolute Gasteiger partial charge is 0.399 e. The molecular formula is C27H30N4O2. The first-order valence-electron chi connectivity index (χ1n) is 11.2. The summed E-state index contributed by atoms with van der Waals surface area (Å²) in [5.74, 6) is -0.0712. The molecular weight excluding hydrogens is 412 g/mol. The maximum Gasteiger partial charge on any atom is 0.224 e. The third-order valence-electron chi connectivity index (χ3n) is 6.12. The number of nitrogens with two attached hydrogens (primary N) is 1. The summed E-state index contributed by atoms with van der Waals surface area (Å²) in [7, 11) is 0. The van der Waals surface area contributed by atoms with Crippen LogP contribution in [0.15, 0.2) is 60.7 Å². The van der Waals surface area contributed by atoms with Crippen LogP contribution < -0.4 is 21.3 Å². The van der Waals surface area contributed by atoms with Crippen LogP contribution in [0.4, 0.5) is 22.7 Å². The van der Waals surface area contributed by atoms with Crippen molar-refractivity contribution in [1.29, 1.82) is 0 Å². The van der Waals surface area contributed by atoms with Crippen LogP contribution in [0.2, 0.25) is 0 Å². The number of carbonyl (C=O) groups excluding carboxylic acids is 2. The van der Waals surface area contributed by atoms with E-state index in [1.807, 2.05) is 66.4 Å². The number of fused-ring (bicyclic) bond motifs is 1. The summed E-state index contributed by atoms with van der Waals surface area (Å²) in [6.07, 6.45) is 0.784. The Hall–Kier alpha value is -3.80. The van der Waals surface area contributed by atoms with Gasteiger partial charge < -0.3 is 21.3 Å². The van der Waals surface area contributed by atoms with Gasteiger partial charge in [0.15, 0.2) is 0 Å². The second-order valence-electron chi connectivity index (χ2n) is 8.78. The van der Waals surface area contributed by atoms with E-state index in [1.165, 1.54) is 6.92 Å². The molecule has 1 aliphatic heterocycles. The second kappa shape index (κ2) is 8.98. The quantitative estimate of drug-likeness (QED) is 0.466. The molecule has 6 nitrogen and oxygen atoms in total. The maximum atomic E-state index is 12.5. The third kappa shape index (κ3) is 4.70. The van der Waals surface area contributed by atoms with E-state index in [9.17, 15) is 9.59 Å². The molecule has 3 aromatic carbocycles. The van der Waals surface area contributed by atoms with E-state index in [1.54, 1.807) is 6.92 Å². The highest BCUT2D eigenvalue weighted by molar-refractivity contribution is 5.94. The van der Waals surface area contributed by atoms with Crippen LogP contribution in [0, 0.1) is 6.92 Å². The summed E-state index contributed by atoms with van der Waals surface area (Å²) in [5, 5.41) is 6.53. The fraction of sp³-hybridized carbons (Fsp3) is 0.259. The minimum absolute atomic E-state index is 0.0336. The van der Waals surface area contributed by atoms with Crippen LogP contribution in [0.3, 0.4) is 0 Å². The van der Waals surface area contributed by atoms with Gasteiger partial charge in [-0.05, 0) is 85.0 Å². The Balaban J connectivity index is 1.77. The van der Waals surface area contributed by atoms with Crippen molar-refractivity contribution in [3.8, 4) is 11.1 Å². The van der Waals surface area contributed by atoms with E-state index >= 15 is 0 Å². The van der Waals surface area contributed by atoms with Crippen LogP contribution in [0.25, 0.3) is 11.1 Å². The van der Waals surface area contributed by atoms with Gasteiger partial charge in [0.2, 0.25) is 11.8 Å². The Labute approximate surface area is 194 Å². The van der Waals surface area contributed by atoms with Crippen molar-refractivity contribution < 1.29 is 9.59 Å². The highest BCUT2D eigenvalue weighted by atomic mass is 16.2. The number of hydrogen-bond donors (Lipinski definition) is 3. The van der Waals surface area contributed by atoms with Crippen molar-refractivity contribution in [2.45, 2.75) is 46.2 Å². The molecule has 0 saturated heterocycles. The van der Waals surface area contributed by atoms with Crippen molar-refractivity contribution in [3.05, 3.63) is 71.8 Å². The molecule has 1 aliphatic rings. The Kier molecular flexibility index (Phi) is 6.09. The predicted molar refractivity (Wildman–Crippen MR) is 135 cm³/mol. The van der Waals surface area contributed by atoms with Gasteiger partial charge in [-0.15, -0.1) is 0 Å². The summed E-state index contributed by atoms with van der Waals surface area (Å²) in [5.41, 5.74) is 13.6. The SMILES string of the molecule is CC(=O)Nc1cccc(-c2ccc3c(c2)[C@H](Nc2ccc(N)cc2C)C[C@H](C)N3C(C)=O)c1. The average Bonchev–Trinajstić information content (AvgIpc) is 2.75. The van der Waals surface area contributed by atoms with Crippen LogP contribution in [-0.4, -0.2) is 17.9 Å². The van der Waals surface area contributed by atoms with Crippen molar-refractivity contribution in [1.82, 2.24) is 0 Å². The van der Waals surface area contributed by atoms with Crippen LogP contribution in [-0.2, 0) is 9.59 Å². The van der Waals surface area contributed by atoms with E-state index in [-0.39, 0.29) is 23.9 Å². The molecule has 33 heavy (non-hydrogen) atoms. The summed E-state index contributed by atoms with van der Waals surface area (Å²) in [6.45, 7) is 7.23. The number of aryl methyl sites for hydroxylation is 1. The van der Waals surface area contributed by atoms with Gasteiger partial charge in [-0.2, -0.15) is 0 Å². The first kappa shape index (κ1) is 22.4. The topological polar surface area (TPSA) is 87.5 Å². The average molecular weight is 443 g/mol. The minimum atomic E-state index is -0.105. The molecule has 3 aromatic rings. The second-order valence-corrected chi connectivity index (χ2v) is 8.78. The molecule has 0 unspecified atom stereocenters. The highest BCUT2D eigenvalue weighted by Crippen LogP contribution is 2.41. The zero-order valence-electron chi connectivity index (χ0n) is 19.5. The number of hydrogen-bond acceptors (Lipinski definition) is 4. The lowest BCUT2D eigenvalue weighted by atomic mass is 9.88. The Bertz CT molecular complexity index is 1220. The van der Waals surface area contributed by atoms with Gasteiger partial charge >= 0.3 is 0 Å². The molecule has 0 aliphatic carbocycles. The van der Waals surface area contributed by atoms with Gasteiger partial charge in [0.05, 0.1) is 6.04 Å². The zero-order valence-corrected chi connectivity index (χ0v) is 19.5. The first-order chi connectivity index (χ1) is 15.7. The summed E-state index contributed by atoms with van der Waals surface area (Å²) in [6, 6.07) is 20.0. The van der Waals surface area contributed by atoms with Crippen LogP contribution in [0.5, 0.6) is 0 Å². The number of amides is 2. The number of carbonyl (C=O) groups is 2. The van der Waals surface area contributed by atoms with Crippen LogP contribution >= 0.6 is 0 Å². The van der Waals surface area contributed by atoms with E-state index in [0.29, 0.717) is 0 Å². The van der Waals surface area contributed by atoms with Crippen molar-refractivity contribution >= 4 is 34.6 Å².